The van der Waals surface area contributed by atoms with Gasteiger partial charge in [-0.2, -0.15) is 25.4 Å². The Morgan fingerprint density at radius 2 is 1.10 bits per heavy atom. The molecule has 0 radical (unpaired) electrons. The minimum atomic E-state index is -4.11. The van der Waals surface area contributed by atoms with Gasteiger partial charge in [0.25, 0.3) is 0 Å². The number of aryl methyl sites for hydroxylation is 1. The molecular weight excluding hydrogens is 751 g/mol. The highest BCUT2D eigenvalue weighted by Gasteiger charge is 2.44. The molecule has 2 aromatic rings. The second-order valence-electron chi connectivity index (χ2n) is 11.7. The number of carbonyl (C=O) groups excluding carboxylic acids is 2. The van der Waals surface area contributed by atoms with Gasteiger partial charge in [-0.1, -0.05) is 77.3 Å². The van der Waals surface area contributed by atoms with E-state index in [2.05, 4.69) is 0 Å². The third-order valence-electron chi connectivity index (χ3n) is 8.37. The van der Waals surface area contributed by atoms with E-state index in [0.29, 0.717) is 21.2 Å². The number of likely N-dealkylation sites (N-methyl/N-ethyl adjacent to an activating group) is 2. The molecule has 0 saturated heterocycles. The normalized spacial score (nSPS) is 25.1. The van der Waals surface area contributed by atoms with Crippen LogP contribution in [0.5, 0.6) is 0 Å². The van der Waals surface area contributed by atoms with Crippen molar-refractivity contribution in [2.45, 2.75) is 31.8 Å². The number of cyclic esters (lactones) is 2. The fraction of sp³-hybridized carbons (Fsp3) is 0.333. The number of rotatable bonds is 2. The largest absolute Gasteiger partial charge is 0.458 e. The lowest BCUT2D eigenvalue weighted by atomic mass is 9.98. The first-order valence-electron chi connectivity index (χ1n) is 15.4. The summed E-state index contributed by atoms with van der Waals surface area (Å²) in [5.74, 6) is -1.53. The summed E-state index contributed by atoms with van der Waals surface area (Å²) in [5.41, 5.74) is 1.70. The number of ether oxygens (including phenoxy) is 2. The molecule has 0 aliphatic carbocycles. The Balaban J connectivity index is 1.46. The van der Waals surface area contributed by atoms with E-state index < -0.39 is 44.4 Å². The minimum Gasteiger partial charge on any atom is -0.458 e. The predicted molar refractivity (Wildman–Crippen MR) is 191 cm³/mol. The van der Waals surface area contributed by atoms with Crippen LogP contribution in [0.25, 0.3) is 0 Å². The van der Waals surface area contributed by atoms with Crippen LogP contribution >= 0.6 is 34.8 Å². The number of nitrogens with zero attached hydrogens (tertiary/aromatic N) is 4. The van der Waals surface area contributed by atoms with Gasteiger partial charge in [0, 0.05) is 54.7 Å². The fourth-order valence-corrected chi connectivity index (χ4v) is 9.42. The molecule has 3 aliphatic rings. The maximum Gasteiger partial charge on any atom is 0.337 e. The van der Waals surface area contributed by atoms with E-state index in [0.717, 1.165) is 22.8 Å². The summed E-state index contributed by atoms with van der Waals surface area (Å²) in [7, 11) is -5.48. The van der Waals surface area contributed by atoms with E-state index in [1.54, 1.807) is 54.6 Å². The van der Waals surface area contributed by atoms with E-state index in [-0.39, 0.29) is 55.3 Å². The number of fused-ring (bicyclic) bond motifs is 2. The van der Waals surface area contributed by atoms with Gasteiger partial charge >= 0.3 is 32.4 Å². The molecule has 0 amide bonds. The summed E-state index contributed by atoms with van der Waals surface area (Å²) in [6.07, 6.45) is 9.24. The van der Waals surface area contributed by atoms with Crippen molar-refractivity contribution in [3.05, 3.63) is 116 Å². The van der Waals surface area contributed by atoms with Crippen LogP contribution < -0.4 is 0 Å². The zero-order valence-corrected chi connectivity index (χ0v) is 31.2. The molecule has 17 heteroatoms. The number of hydrogen-bond donors (Lipinski definition) is 0. The van der Waals surface area contributed by atoms with Crippen LogP contribution in [-0.4, -0.2) is 86.4 Å². The smallest absolute Gasteiger partial charge is 0.337 e. The maximum absolute atomic E-state index is 13.6. The van der Waals surface area contributed by atoms with Crippen LogP contribution in [-0.2, 0) is 39.5 Å². The molecule has 3 heterocycles. The number of benzene rings is 2. The molecule has 0 N–H and O–H groups in total. The van der Waals surface area contributed by atoms with E-state index in [1.165, 1.54) is 32.6 Å². The first-order chi connectivity index (χ1) is 23.6. The molecule has 12 nitrogen and oxygen atoms in total. The second kappa shape index (κ2) is 15.5. The molecule has 4 bridgehead atoms. The highest BCUT2D eigenvalue weighted by molar-refractivity contribution is 7.87. The van der Waals surface area contributed by atoms with Gasteiger partial charge in [0.05, 0.1) is 23.2 Å². The summed E-state index contributed by atoms with van der Waals surface area (Å²) in [4.78, 5) is 27.0. The molecule has 0 saturated carbocycles. The topological polar surface area (TPSA) is 134 Å². The number of halogens is 3. The summed E-state index contributed by atoms with van der Waals surface area (Å²) in [5, 5.41) is 0.795. The SMILES string of the molecule is Cc1ccc(C2C3=CN(CC/C=C\COC(=O)C4=CN(CC/C=C\COC3=O)S(=O)(=O)N(C)C4c3ccc(Cl)cc3Cl)S(=O)(=O)N2C)c(Cl)c1. The Morgan fingerprint density at radius 1 is 0.660 bits per heavy atom. The lowest BCUT2D eigenvalue weighted by Gasteiger charge is -2.38. The van der Waals surface area contributed by atoms with Crippen LogP contribution in [0.2, 0.25) is 15.1 Å². The fourth-order valence-electron chi connectivity index (χ4n) is 5.76. The highest BCUT2D eigenvalue weighted by Crippen LogP contribution is 2.41. The molecular formula is C33H35Cl3N4O8S2. The standard InChI is InChI=1S/C33H35Cl3N4O8S2/c1-22-10-12-24(28(35)18-22)30-26-20-39(49(43,44)37(30)2)14-6-4-9-17-48-33(42)27-21-40(15-7-5-8-16-47-32(26)41)50(45,46)38(3)31(27)25-13-11-23(34)19-29(25)36/h4-5,8-13,18-21,30-31H,6-7,14-17H2,1-3H3/b8-5-,9-4-. The van der Waals surface area contributed by atoms with Crippen molar-refractivity contribution in [1.29, 1.82) is 0 Å². The van der Waals surface area contributed by atoms with Gasteiger partial charge in [-0.25, -0.2) is 9.59 Å². The molecule has 2 atom stereocenters. The zero-order chi connectivity index (χ0) is 36.4. The molecule has 0 fully saturated rings. The van der Waals surface area contributed by atoms with Crippen LogP contribution in [0.4, 0.5) is 0 Å². The van der Waals surface area contributed by atoms with Gasteiger partial charge in [-0.15, -0.1) is 0 Å². The van der Waals surface area contributed by atoms with Crippen molar-refractivity contribution < 1.29 is 35.9 Å². The van der Waals surface area contributed by atoms with Gasteiger partial charge in [0.15, 0.2) is 0 Å². The average Bonchev–Trinajstić information content (AvgIpc) is 3.04. The third kappa shape index (κ3) is 7.76. The van der Waals surface area contributed by atoms with E-state index >= 15 is 0 Å². The second-order valence-corrected chi connectivity index (χ2v) is 16.8. The molecule has 50 heavy (non-hydrogen) atoms. The van der Waals surface area contributed by atoms with Crippen molar-refractivity contribution in [1.82, 2.24) is 17.2 Å². The van der Waals surface area contributed by atoms with E-state index in [9.17, 15) is 26.4 Å². The molecule has 268 valence electrons. The van der Waals surface area contributed by atoms with E-state index in [1.807, 2.05) is 6.92 Å². The first kappa shape index (κ1) is 37.9. The van der Waals surface area contributed by atoms with Crippen molar-refractivity contribution in [2.75, 3.05) is 40.4 Å². The Kier molecular flexibility index (Phi) is 11.7. The Hall–Kier alpha value is -3.37. The van der Waals surface area contributed by atoms with Crippen molar-refractivity contribution in [2.24, 2.45) is 0 Å². The van der Waals surface area contributed by atoms with Crippen LogP contribution in [0.3, 0.4) is 0 Å². The molecule has 2 unspecified atom stereocenters. The van der Waals surface area contributed by atoms with Gasteiger partial charge < -0.3 is 9.47 Å². The van der Waals surface area contributed by atoms with Gasteiger partial charge in [0.1, 0.15) is 13.2 Å². The number of carbonyl (C=O) groups is 2. The maximum atomic E-state index is 13.6. The van der Waals surface area contributed by atoms with Crippen LogP contribution in [0, 0.1) is 6.92 Å². The monoisotopic (exact) mass is 784 g/mol. The Bertz CT molecular complexity index is 1870. The van der Waals surface area contributed by atoms with Crippen molar-refractivity contribution >= 4 is 67.2 Å². The van der Waals surface area contributed by atoms with Gasteiger partial charge in [-0.3, -0.25) is 8.61 Å². The molecule has 2 aromatic carbocycles. The lowest BCUT2D eigenvalue weighted by Crippen LogP contribution is -2.47. The highest BCUT2D eigenvalue weighted by atomic mass is 35.5. The van der Waals surface area contributed by atoms with Crippen LogP contribution in [0.1, 0.15) is 41.6 Å². The number of esters is 2. The number of hydrogen-bond acceptors (Lipinski definition) is 8. The van der Waals surface area contributed by atoms with Gasteiger partial charge in [0.2, 0.25) is 0 Å². The average molecular weight is 786 g/mol. The van der Waals surface area contributed by atoms with Gasteiger partial charge in [-0.05, 0) is 54.7 Å². The predicted octanol–water partition coefficient (Wildman–Crippen LogP) is 5.48. The molecule has 3 aliphatic heterocycles. The van der Waals surface area contributed by atoms with E-state index in [4.69, 9.17) is 44.3 Å². The minimum absolute atomic E-state index is 0.0237. The first-order valence-corrected chi connectivity index (χ1v) is 19.4. The Morgan fingerprint density at radius 3 is 1.54 bits per heavy atom. The summed E-state index contributed by atoms with van der Waals surface area (Å²) < 4.78 is 69.8. The summed E-state index contributed by atoms with van der Waals surface area (Å²) >= 11 is 19.1. The molecule has 5 rings (SSSR count). The zero-order valence-electron chi connectivity index (χ0n) is 27.3. The van der Waals surface area contributed by atoms with Crippen molar-refractivity contribution in [3.63, 3.8) is 0 Å². The quantitative estimate of drug-likeness (QED) is 0.289. The molecule has 0 spiro atoms. The Labute approximate surface area is 307 Å². The lowest BCUT2D eigenvalue weighted by molar-refractivity contribution is -0.139. The summed E-state index contributed by atoms with van der Waals surface area (Å²) in [6, 6.07) is 7.54. The third-order valence-corrected chi connectivity index (χ3v) is 12.9. The summed E-state index contributed by atoms with van der Waals surface area (Å²) in [6.45, 7) is 1.38. The molecule has 0 aromatic heterocycles. The van der Waals surface area contributed by atoms with Crippen molar-refractivity contribution in [3.8, 4) is 0 Å². The van der Waals surface area contributed by atoms with Crippen LogP contribution in [0.15, 0.2) is 84.2 Å².